The Bertz CT molecular complexity index is 1450. The van der Waals surface area contributed by atoms with Crippen LogP contribution in [0.5, 0.6) is 5.75 Å². The third-order valence-electron chi connectivity index (χ3n) is 4.91. The molecule has 4 aromatic rings. The number of nitro benzene ring substituents is 1. The van der Waals surface area contributed by atoms with Gasteiger partial charge in [0.05, 0.1) is 4.92 Å². The molecule has 0 saturated heterocycles. The second-order valence-electron chi connectivity index (χ2n) is 7.26. The molecule has 2 heterocycles. The van der Waals surface area contributed by atoms with Gasteiger partial charge in [-0.05, 0) is 48.9 Å². The van der Waals surface area contributed by atoms with Gasteiger partial charge in [-0.3, -0.25) is 20.2 Å². The molecule has 174 valence electrons. The van der Waals surface area contributed by atoms with Gasteiger partial charge in [0.2, 0.25) is 5.13 Å². The van der Waals surface area contributed by atoms with E-state index in [9.17, 15) is 20.2 Å². The van der Waals surface area contributed by atoms with Crippen LogP contribution in [0.1, 0.15) is 16.3 Å². The van der Waals surface area contributed by atoms with Crippen LogP contribution in [0.3, 0.4) is 0 Å². The standard InChI is InChI=1S/C24H18N6O4S/c1-16-5-2-3-7-21(16)34-15-22-27-28-24(35-22)26-23(31)17(14-25)13-20-6-4-12-29(20)18-8-10-19(11-9-18)30(32)33/h2-13H,15H2,1H3,(H,26,28,31)/b17-13-. The van der Waals surface area contributed by atoms with Crippen LogP contribution in [0.2, 0.25) is 0 Å². The van der Waals surface area contributed by atoms with Crippen LogP contribution in [-0.4, -0.2) is 25.6 Å². The molecule has 0 aliphatic rings. The zero-order chi connectivity index (χ0) is 24.8. The topological polar surface area (TPSA) is 136 Å². The van der Waals surface area contributed by atoms with Crippen LogP contribution in [0.25, 0.3) is 11.8 Å². The van der Waals surface area contributed by atoms with Gasteiger partial charge in [-0.1, -0.05) is 29.5 Å². The van der Waals surface area contributed by atoms with Gasteiger partial charge in [0.15, 0.2) is 5.01 Å². The molecule has 10 nitrogen and oxygen atoms in total. The number of anilines is 1. The van der Waals surface area contributed by atoms with Crippen molar-refractivity contribution in [2.75, 3.05) is 5.32 Å². The van der Waals surface area contributed by atoms with Crippen molar-refractivity contribution >= 4 is 34.1 Å². The molecule has 0 aliphatic heterocycles. The Kier molecular flexibility index (Phi) is 6.94. The third-order valence-corrected chi connectivity index (χ3v) is 5.72. The Labute approximate surface area is 203 Å². The lowest BCUT2D eigenvalue weighted by Crippen LogP contribution is -2.13. The number of hydrogen-bond donors (Lipinski definition) is 1. The highest BCUT2D eigenvalue weighted by Crippen LogP contribution is 2.22. The average Bonchev–Trinajstić information content (AvgIpc) is 3.51. The van der Waals surface area contributed by atoms with Crippen LogP contribution in [-0.2, 0) is 11.4 Å². The fraction of sp³-hybridized carbons (Fsp3) is 0.0833. The van der Waals surface area contributed by atoms with Gasteiger partial charge in [-0.25, -0.2) is 0 Å². The van der Waals surface area contributed by atoms with Crippen LogP contribution < -0.4 is 10.1 Å². The van der Waals surface area contributed by atoms with Gasteiger partial charge in [-0.15, -0.1) is 10.2 Å². The number of carbonyl (C=O) groups is 1. The van der Waals surface area contributed by atoms with Crippen molar-refractivity contribution in [3.8, 4) is 17.5 Å². The van der Waals surface area contributed by atoms with Gasteiger partial charge in [-0.2, -0.15) is 5.26 Å². The zero-order valence-electron chi connectivity index (χ0n) is 18.4. The minimum Gasteiger partial charge on any atom is -0.486 e. The number of para-hydroxylation sites is 1. The number of hydrogen-bond acceptors (Lipinski definition) is 8. The molecule has 2 aromatic heterocycles. The van der Waals surface area contributed by atoms with E-state index in [-0.39, 0.29) is 23.0 Å². The number of aryl methyl sites for hydroxylation is 1. The molecule has 1 N–H and O–H groups in total. The Morgan fingerprint density at radius 2 is 1.97 bits per heavy atom. The summed E-state index contributed by atoms with van der Waals surface area (Å²) in [5.41, 5.74) is 2.02. The largest absolute Gasteiger partial charge is 0.486 e. The first-order valence-corrected chi connectivity index (χ1v) is 11.1. The molecule has 0 spiro atoms. The molecular weight excluding hydrogens is 468 g/mol. The SMILES string of the molecule is Cc1ccccc1OCc1nnc(NC(=O)/C(C#N)=C\c2cccn2-c2ccc([N+](=O)[O-])cc2)s1. The van der Waals surface area contributed by atoms with Crippen molar-refractivity contribution in [2.45, 2.75) is 13.5 Å². The van der Waals surface area contributed by atoms with E-state index >= 15 is 0 Å². The predicted molar refractivity (Wildman–Crippen MR) is 130 cm³/mol. The maximum absolute atomic E-state index is 12.7. The minimum atomic E-state index is -0.633. The fourth-order valence-electron chi connectivity index (χ4n) is 3.16. The maximum atomic E-state index is 12.7. The van der Waals surface area contributed by atoms with Gasteiger partial charge in [0.25, 0.3) is 11.6 Å². The highest BCUT2D eigenvalue weighted by molar-refractivity contribution is 7.15. The fourth-order valence-corrected chi connectivity index (χ4v) is 3.81. The summed E-state index contributed by atoms with van der Waals surface area (Å²) in [5.74, 6) is 0.102. The molecule has 0 radical (unpaired) electrons. The number of non-ortho nitro benzene ring substituents is 1. The molecule has 2 aromatic carbocycles. The Balaban J connectivity index is 1.45. The normalized spacial score (nSPS) is 11.0. The molecule has 0 fully saturated rings. The summed E-state index contributed by atoms with van der Waals surface area (Å²) in [6, 6.07) is 18.9. The van der Waals surface area contributed by atoms with Gasteiger partial charge in [0.1, 0.15) is 24.0 Å². The monoisotopic (exact) mass is 486 g/mol. The first kappa shape index (κ1) is 23.3. The summed E-state index contributed by atoms with van der Waals surface area (Å²) in [7, 11) is 0. The number of nitrogens with one attached hydrogen (secondary N) is 1. The van der Waals surface area contributed by atoms with Gasteiger partial charge >= 0.3 is 0 Å². The van der Waals surface area contributed by atoms with E-state index in [1.54, 1.807) is 35.0 Å². The summed E-state index contributed by atoms with van der Waals surface area (Å²) in [4.78, 5) is 23.1. The van der Waals surface area contributed by atoms with E-state index in [1.165, 1.54) is 18.2 Å². The Morgan fingerprint density at radius 1 is 1.20 bits per heavy atom. The number of nitriles is 1. The quantitative estimate of drug-likeness (QED) is 0.165. The van der Waals surface area contributed by atoms with Crippen LogP contribution in [0.4, 0.5) is 10.8 Å². The molecule has 0 aliphatic carbocycles. The van der Waals surface area contributed by atoms with Crippen molar-refractivity contribution < 1.29 is 14.5 Å². The van der Waals surface area contributed by atoms with Crippen molar-refractivity contribution in [2.24, 2.45) is 0 Å². The Hall–Kier alpha value is -4.82. The highest BCUT2D eigenvalue weighted by atomic mass is 32.1. The van der Waals surface area contributed by atoms with E-state index in [2.05, 4.69) is 15.5 Å². The van der Waals surface area contributed by atoms with E-state index < -0.39 is 10.8 Å². The number of nitrogens with zero attached hydrogens (tertiary/aromatic N) is 5. The van der Waals surface area contributed by atoms with Crippen molar-refractivity contribution in [1.29, 1.82) is 5.26 Å². The van der Waals surface area contributed by atoms with Crippen LogP contribution in [0, 0.1) is 28.4 Å². The molecule has 0 saturated carbocycles. The first-order chi connectivity index (χ1) is 16.9. The van der Waals surface area contributed by atoms with E-state index in [0.29, 0.717) is 16.4 Å². The molecule has 11 heteroatoms. The average molecular weight is 487 g/mol. The molecule has 4 rings (SSSR count). The lowest BCUT2D eigenvalue weighted by Gasteiger charge is -2.07. The molecule has 1 amide bonds. The summed E-state index contributed by atoms with van der Waals surface area (Å²) in [6.07, 6.45) is 3.16. The second kappa shape index (κ2) is 10.4. The molecule has 0 bridgehead atoms. The smallest absolute Gasteiger partial charge is 0.269 e. The van der Waals surface area contributed by atoms with Crippen molar-refractivity contribution in [1.82, 2.24) is 14.8 Å². The number of carbonyl (C=O) groups excluding carboxylic acids is 1. The number of amides is 1. The van der Waals surface area contributed by atoms with Gasteiger partial charge in [0, 0.05) is 29.7 Å². The first-order valence-electron chi connectivity index (χ1n) is 10.3. The molecular formula is C24H18N6O4S. The van der Waals surface area contributed by atoms with E-state index in [1.807, 2.05) is 37.3 Å². The summed E-state index contributed by atoms with van der Waals surface area (Å²) < 4.78 is 7.46. The molecule has 35 heavy (non-hydrogen) atoms. The Morgan fingerprint density at radius 3 is 2.69 bits per heavy atom. The van der Waals surface area contributed by atoms with Crippen molar-refractivity contribution in [3.05, 3.63) is 98.8 Å². The minimum absolute atomic E-state index is 0.0316. The maximum Gasteiger partial charge on any atom is 0.269 e. The van der Waals surface area contributed by atoms with Crippen LogP contribution in [0.15, 0.2) is 72.4 Å². The van der Waals surface area contributed by atoms with E-state index in [0.717, 1.165) is 22.6 Å². The number of aromatic nitrogens is 3. The molecule has 0 atom stereocenters. The summed E-state index contributed by atoms with van der Waals surface area (Å²) in [5, 5.41) is 31.8. The van der Waals surface area contributed by atoms with Crippen molar-refractivity contribution in [3.63, 3.8) is 0 Å². The number of nitro groups is 1. The number of benzene rings is 2. The second-order valence-corrected chi connectivity index (χ2v) is 8.32. The lowest BCUT2D eigenvalue weighted by atomic mass is 10.2. The third kappa shape index (κ3) is 5.58. The van der Waals surface area contributed by atoms with Crippen LogP contribution >= 0.6 is 11.3 Å². The zero-order valence-corrected chi connectivity index (χ0v) is 19.2. The number of ether oxygens (including phenoxy) is 1. The van der Waals surface area contributed by atoms with E-state index in [4.69, 9.17) is 4.74 Å². The summed E-state index contributed by atoms with van der Waals surface area (Å²) in [6.45, 7) is 2.14. The predicted octanol–water partition coefficient (Wildman–Crippen LogP) is 4.67. The van der Waals surface area contributed by atoms with Gasteiger partial charge < -0.3 is 9.30 Å². The highest BCUT2D eigenvalue weighted by Gasteiger charge is 2.15. The summed E-state index contributed by atoms with van der Waals surface area (Å²) >= 11 is 1.15. The number of rotatable bonds is 8. The lowest BCUT2D eigenvalue weighted by molar-refractivity contribution is -0.384. The molecule has 0 unspecified atom stereocenters.